The SMILES string of the molecule is O=C(c1[nH]nc(-c2ccccc2)c1Br)N1CCC2(CC1)OCCO2. The largest absolute Gasteiger partial charge is 0.347 e. The van der Waals surface area contributed by atoms with Crippen LogP contribution >= 0.6 is 15.9 Å². The number of hydrogen-bond donors (Lipinski definition) is 1. The smallest absolute Gasteiger partial charge is 0.273 e. The first-order chi connectivity index (χ1) is 11.7. The minimum Gasteiger partial charge on any atom is -0.347 e. The molecule has 3 heterocycles. The van der Waals surface area contributed by atoms with Crippen molar-refractivity contribution in [1.82, 2.24) is 15.1 Å². The number of carbonyl (C=O) groups is 1. The summed E-state index contributed by atoms with van der Waals surface area (Å²) in [6, 6.07) is 9.78. The summed E-state index contributed by atoms with van der Waals surface area (Å²) < 4.78 is 12.1. The fourth-order valence-electron chi connectivity index (χ4n) is 3.25. The van der Waals surface area contributed by atoms with E-state index in [1.165, 1.54) is 0 Å². The zero-order chi connectivity index (χ0) is 16.6. The van der Waals surface area contributed by atoms with Crippen LogP contribution in [-0.2, 0) is 9.47 Å². The van der Waals surface area contributed by atoms with E-state index in [4.69, 9.17) is 9.47 Å². The lowest BCUT2D eigenvalue weighted by Gasteiger charge is -2.37. The number of aromatic nitrogens is 2. The summed E-state index contributed by atoms with van der Waals surface area (Å²) in [7, 11) is 0. The summed E-state index contributed by atoms with van der Waals surface area (Å²) in [5, 5.41) is 7.18. The number of H-pyrrole nitrogens is 1. The molecule has 0 saturated carbocycles. The molecule has 1 aromatic heterocycles. The third kappa shape index (κ3) is 2.76. The summed E-state index contributed by atoms with van der Waals surface area (Å²) in [4.78, 5) is 14.6. The van der Waals surface area contributed by atoms with Gasteiger partial charge in [-0.1, -0.05) is 30.3 Å². The average Bonchev–Trinajstić information content (AvgIpc) is 3.23. The number of rotatable bonds is 2. The van der Waals surface area contributed by atoms with Crippen molar-refractivity contribution in [1.29, 1.82) is 0 Å². The molecule has 4 rings (SSSR count). The van der Waals surface area contributed by atoms with Crippen molar-refractivity contribution in [3.63, 3.8) is 0 Å². The minimum atomic E-state index is -0.475. The number of likely N-dealkylation sites (tertiary alicyclic amines) is 1. The molecule has 2 aliphatic rings. The zero-order valence-corrected chi connectivity index (χ0v) is 14.7. The number of halogens is 1. The molecule has 1 spiro atoms. The highest BCUT2D eigenvalue weighted by molar-refractivity contribution is 9.10. The van der Waals surface area contributed by atoms with Crippen LogP contribution in [0.1, 0.15) is 23.3 Å². The van der Waals surface area contributed by atoms with Crippen LogP contribution in [0, 0.1) is 0 Å². The van der Waals surface area contributed by atoms with E-state index in [0.29, 0.717) is 49.3 Å². The maximum absolute atomic E-state index is 12.8. The number of nitrogens with one attached hydrogen (secondary N) is 1. The molecule has 1 N–H and O–H groups in total. The highest BCUT2D eigenvalue weighted by atomic mass is 79.9. The van der Waals surface area contributed by atoms with E-state index in [-0.39, 0.29) is 5.91 Å². The van der Waals surface area contributed by atoms with Gasteiger partial charge in [-0.2, -0.15) is 5.10 Å². The van der Waals surface area contributed by atoms with E-state index < -0.39 is 5.79 Å². The van der Waals surface area contributed by atoms with E-state index in [1.807, 2.05) is 35.2 Å². The predicted molar refractivity (Wildman–Crippen MR) is 91.5 cm³/mol. The van der Waals surface area contributed by atoms with Gasteiger partial charge in [-0.25, -0.2) is 0 Å². The Kier molecular flexibility index (Phi) is 4.15. The van der Waals surface area contributed by atoms with E-state index in [9.17, 15) is 4.79 Å². The van der Waals surface area contributed by atoms with Crippen LogP contribution in [-0.4, -0.2) is 53.1 Å². The molecule has 2 fully saturated rings. The van der Waals surface area contributed by atoms with Gasteiger partial charge in [0.1, 0.15) is 11.4 Å². The number of piperidine rings is 1. The molecule has 1 aromatic carbocycles. The fourth-order valence-corrected chi connectivity index (χ4v) is 3.83. The topological polar surface area (TPSA) is 67.5 Å². The van der Waals surface area contributed by atoms with Gasteiger partial charge >= 0.3 is 0 Å². The molecule has 0 bridgehead atoms. The highest BCUT2D eigenvalue weighted by Gasteiger charge is 2.41. The predicted octanol–water partition coefficient (Wildman–Crippen LogP) is 2.82. The Morgan fingerprint density at radius 1 is 1.17 bits per heavy atom. The number of ether oxygens (including phenoxy) is 2. The van der Waals surface area contributed by atoms with Crippen LogP contribution in [0.5, 0.6) is 0 Å². The monoisotopic (exact) mass is 391 g/mol. The quantitative estimate of drug-likeness (QED) is 0.854. The van der Waals surface area contributed by atoms with Gasteiger partial charge < -0.3 is 14.4 Å². The van der Waals surface area contributed by atoms with E-state index in [0.717, 1.165) is 11.3 Å². The van der Waals surface area contributed by atoms with E-state index in [2.05, 4.69) is 26.1 Å². The highest BCUT2D eigenvalue weighted by Crippen LogP contribution is 2.33. The molecule has 0 radical (unpaired) electrons. The summed E-state index contributed by atoms with van der Waals surface area (Å²) in [5.74, 6) is -0.526. The van der Waals surface area contributed by atoms with Crippen LogP contribution in [0.25, 0.3) is 11.3 Å². The third-order valence-electron chi connectivity index (χ3n) is 4.59. The first-order valence-corrected chi connectivity index (χ1v) is 8.84. The summed E-state index contributed by atoms with van der Waals surface area (Å²) in [6.45, 7) is 2.51. The molecular formula is C17H18BrN3O3. The van der Waals surface area contributed by atoms with Crippen LogP contribution in [0.3, 0.4) is 0 Å². The lowest BCUT2D eigenvalue weighted by Crippen LogP contribution is -2.47. The Labute approximate surface area is 148 Å². The Morgan fingerprint density at radius 2 is 1.83 bits per heavy atom. The molecule has 1 amide bonds. The molecular weight excluding hydrogens is 374 g/mol. The number of amides is 1. The number of benzene rings is 1. The van der Waals surface area contributed by atoms with Crippen molar-refractivity contribution < 1.29 is 14.3 Å². The first kappa shape index (κ1) is 15.8. The molecule has 0 aliphatic carbocycles. The zero-order valence-electron chi connectivity index (χ0n) is 13.1. The molecule has 2 aromatic rings. The van der Waals surface area contributed by atoms with Crippen molar-refractivity contribution >= 4 is 21.8 Å². The van der Waals surface area contributed by atoms with Crippen molar-refractivity contribution in [3.05, 3.63) is 40.5 Å². The van der Waals surface area contributed by atoms with E-state index in [1.54, 1.807) is 0 Å². The summed E-state index contributed by atoms with van der Waals surface area (Å²) in [6.07, 6.45) is 1.41. The third-order valence-corrected chi connectivity index (χ3v) is 5.37. The molecule has 2 aliphatic heterocycles. The van der Waals surface area contributed by atoms with Gasteiger partial charge in [-0.05, 0) is 15.9 Å². The van der Waals surface area contributed by atoms with Gasteiger partial charge in [0.15, 0.2) is 5.79 Å². The van der Waals surface area contributed by atoms with Gasteiger partial charge in [-0.3, -0.25) is 9.89 Å². The second kappa shape index (κ2) is 6.31. The van der Waals surface area contributed by atoms with Crippen molar-refractivity contribution in [3.8, 4) is 11.3 Å². The molecule has 24 heavy (non-hydrogen) atoms. The van der Waals surface area contributed by atoms with Gasteiger partial charge in [0, 0.05) is 31.5 Å². The van der Waals surface area contributed by atoms with Gasteiger partial charge in [-0.15, -0.1) is 0 Å². The maximum Gasteiger partial charge on any atom is 0.273 e. The molecule has 7 heteroatoms. The molecule has 0 unspecified atom stereocenters. The summed E-state index contributed by atoms with van der Waals surface area (Å²) >= 11 is 3.52. The van der Waals surface area contributed by atoms with Gasteiger partial charge in [0.25, 0.3) is 5.91 Å². The average molecular weight is 392 g/mol. The Bertz CT molecular complexity index is 731. The van der Waals surface area contributed by atoms with E-state index >= 15 is 0 Å². The van der Waals surface area contributed by atoms with Crippen LogP contribution in [0.4, 0.5) is 0 Å². The van der Waals surface area contributed by atoms with Gasteiger partial charge in [0.2, 0.25) is 0 Å². The number of aromatic amines is 1. The van der Waals surface area contributed by atoms with Crippen LogP contribution in [0.15, 0.2) is 34.8 Å². The molecule has 126 valence electrons. The van der Waals surface area contributed by atoms with Crippen molar-refractivity contribution in [2.24, 2.45) is 0 Å². The van der Waals surface area contributed by atoms with Crippen LogP contribution < -0.4 is 0 Å². The minimum absolute atomic E-state index is 0.0515. The van der Waals surface area contributed by atoms with Crippen molar-refractivity contribution in [2.75, 3.05) is 26.3 Å². The van der Waals surface area contributed by atoms with Crippen molar-refractivity contribution in [2.45, 2.75) is 18.6 Å². The lowest BCUT2D eigenvalue weighted by atomic mass is 10.0. The second-order valence-corrected chi connectivity index (χ2v) is 6.82. The molecule has 0 atom stereocenters. The van der Waals surface area contributed by atoms with Crippen LogP contribution in [0.2, 0.25) is 0 Å². The second-order valence-electron chi connectivity index (χ2n) is 6.03. The number of nitrogens with zero attached hydrogens (tertiary/aromatic N) is 2. The Balaban J connectivity index is 1.50. The standard InChI is InChI=1S/C17H18BrN3O3/c18-13-14(12-4-2-1-3-5-12)19-20-15(13)16(22)21-8-6-17(7-9-21)23-10-11-24-17/h1-5H,6-11H2,(H,19,20). The van der Waals surface area contributed by atoms with Gasteiger partial charge in [0.05, 0.1) is 17.7 Å². The lowest BCUT2D eigenvalue weighted by molar-refractivity contribution is -0.181. The Hall–Kier alpha value is -1.70. The number of carbonyl (C=O) groups excluding carboxylic acids is 1. The fraction of sp³-hybridized carbons (Fsp3) is 0.412. The number of hydrogen-bond acceptors (Lipinski definition) is 4. The molecule has 6 nitrogen and oxygen atoms in total. The first-order valence-electron chi connectivity index (χ1n) is 8.05. The summed E-state index contributed by atoms with van der Waals surface area (Å²) in [5.41, 5.74) is 2.19. The molecule has 2 saturated heterocycles. The normalized spacial score (nSPS) is 19.8. The Morgan fingerprint density at radius 3 is 2.50 bits per heavy atom. The maximum atomic E-state index is 12.8.